The van der Waals surface area contributed by atoms with Crippen LogP contribution in [0.2, 0.25) is 0 Å². The first-order chi connectivity index (χ1) is 23.3. The highest BCUT2D eigenvalue weighted by molar-refractivity contribution is 6.11. The molecule has 2 aliphatic carbocycles. The predicted octanol–water partition coefficient (Wildman–Crippen LogP) is 10.7. The van der Waals surface area contributed by atoms with E-state index in [-0.39, 0.29) is 39.6 Å². The summed E-state index contributed by atoms with van der Waals surface area (Å²) in [5.74, 6) is 0.203. The van der Waals surface area contributed by atoms with Gasteiger partial charge in [0.15, 0.2) is 0 Å². The zero-order valence-corrected chi connectivity index (χ0v) is 31.6. The summed E-state index contributed by atoms with van der Waals surface area (Å²) >= 11 is 0. The van der Waals surface area contributed by atoms with Crippen molar-refractivity contribution in [3.05, 3.63) is 119 Å². The normalized spacial score (nSPS) is 15.8. The third-order valence-electron chi connectivity index (χ3n) is 11.5. The van der Waals surface area contributed by atoms with Gasteiger partial charge < -0.3 is 10.2 Å². The topological polar surface area (TPSA) is 81.8 Å². The maximum Gasteiger partial charge on any atom is 0.144 e. The quantitative estimate of drug-likeness (QED) is 0.233. The molecule has 1 aromatic heterocycles. The fourth-order valence-electron chi connectivity index (χ4n) is 6.02. The third kappa shape index (κ3) is 6.85. The molecule has 2 aliphatic rings. The molecule has 5 rings (SSSR count). The second-order valence-corrected chi connectivity index (χ2v) is 16.7. The van der Waals surface area contributed by atoms with E-state index < -0.39 is 0 Å². The maximum absolute atomic E-state index is 12.1. The average molecular weight is 671 g/mol. The molecule has 1 heterocycles. The van der Waals surface area contributed by atoms with Gasteiger partial charge in [0.1, 0.15) is 17.2 Å². The van der Waals surface area contributed by atoms with Gasteiger partial charge in [0, 0.05) is 23.7 Å². The minimum atomic E-state index is -0.295. The van der Waals surface area contributed by atoms with Crippen molar-refractivity contribution in [2.45, 2.75) is 99.3 Å². The van der Waals surface area contributed by atoms with Gasteiger partial charge in [-0.3, -0.25) is 4.98 Å². The zero-order chi connectivity index (χ0) is 36.8. The molecule has 2 N–H and O–H groups in total. The van der Waals surface area contributed by atoms with E-state index in [1.54, 1.807) is 17.4 Å². The minimum absolute atomic E-state index is 0.0730. The Labute approximate surface area is 299 Å². The molecule has 0 spiro atoms. The molecular formula is C44H54N4O2. The summed E-state index contributed by atoms with van der Waals surface area (Å²) in [5.41, 5.74) is 7.72. The highest BCUT2D eigenvalue weighted by atomic mass is 16.3. The number of allylic oxidation sites excluding steroid dienone is 6. The summed E-state index contributed by atoms with van der Waals surface area (Å²) in [6.45, 7) is 30.5. The lowest BCUT2D eigenvalue weighted by atomic mass is 9.64. The molecule has 6 nitrogen and oxygen atoms in total. The van der Waals surface area contributed by atoms with Crippen LogP contribution in [0.15, 0.2) is 90.9 Å². The summed E-state index contributed by atoms with van der Waals surface area (Å²) in [6.07, 6.45) is 17.2. The number of nitrogens with zero attached hydrogens (tertiary/aromatic N) is 4. The van der Waals surface area contributed by atoms with Crippen molar-refractivity contribution in [3.8, 4) is 22.8 Å². The third-order valence-corrected chi connectivity index (χ3v) is 11.5. The van der Waals surface area contributed by atoms with Crippen LogP contribution in [0.5, 0.6) is 11.5 Å². The SMILES string of the molecule is C=CN(/N=C1/C=CC=CC1=C)c1cc(C(C)(C)C(C)(C)C)cc(Cc2cc(C(C)(C)C(C)(C)C)cc(-c3cnc4c(n3)C=CCC4)c2O)c1O. The smallest absolute Gasteiger partial charge is 0.144 e. The number of anilines is 1. The van der Waals surface area contributed by atoms with Crippen molar-refractivity contribution in [2.75, 3.05) is 5.01 Å². The molecule has 50 heavy (non-hydrogen) atoms. The van der Waals surface area contributed by atoms with Gasteiger partial charge in [0.05, 0.1) is 29.0 Å². The van der Waals surface area contributed by atoms with Crippen LogP contribution < -0.4 is 5.01 Å². The predicted molar refractivity (Wildman–Crippen MR) is 210 cm³/mol. The van der Waals surface area contributed by atoms with Gasteiger partial charge in [-0.15, -0.1) is 0 Å². The Balaban J connectivity index is 1.74. The van der Waals surface area contributed by atoms with Crippen molar-refractivity contribution < 1.29 is 10.2 Å². The van der Waals surface area contributed by atoms with Crippen molar-refractivity contribution >= 4 is 17.5 Å². The van der Waals surface area contributed by atoms with E-state index in [1.807, 2.05) is 36.4 Å². The van der Waals surface area contributed by atoms with Gasteiger partial charge >= 0.3 is 0 Å². The number of rotatable bonds is 8. The molecule has 262 valence electrons. The number of fused-ring (bicyclic) bond motifs is 1. The van der Waals surface area contributed by atoms with Crippen LogP contribution in [0.3, 0.4) is 0 Å². The van der Waals surface area contributed by atoms with Crippen molar-refractivity contribution in [1.82, 2.24) is 9.97 Å². The lowest BCUT2D eigenvalue weighted by Crippen LogP contribution is -2.34. The van der Waals surface area contributed by atoms with Gasteiger partial charge in [-0.25, -0.2) is 9.99 Å². The number of aryl methyl sites for hydroxylation is 1. The highest BCUT2D eigenvalue weighted by Gasteiger charge is 2.37. The first-order valence-electron chi connectivity index (χ1n) is 17.6. The fourth-order valence-corrected chi connectivity index (χ4v) is 6.02. The summed E-state index contributed by atoms with van der Waals surface area (Å²) in [7, 11) is 0. The minimum Gasteiger partial charge on any atom is -0.507 e. The first kappa shape index (κ1) is 36.6. The zero-order valence-electron chi connectivity index (χ0n) is 31.6. The molecule has 2 aromatic carbocycles. The van der Waals surface area contributed by atoms with Crippen LogP contribution in [0, 0.1) is 10.8 Å². The lowest BCUT2D eigenvalue weighted by Gasteiger charge is -2.40. The summed E-state index contributed by atoms with van der Waals surface area (Å²) in [5, 5.41) is 30.6. The molecule has 0 radical (unpaired) electrons. The molecule has 3 aromatic rings. The largest absolute Gasteiger partial charge is 0.507 e. The van der Waals surface area contributed by atoms with E-state index in [0.29, 0.717) is 33.8 Å². The maximum atomic E-state index is 12.1. The molecule has 0 saturated carbocycles. The van der Waals surface area contributed by atoms with Gasteiger partial charge in [-0.1, -0.05) is 119 Å². The van der Waals surface area contributed by atoms with Crippen LogP contribution in [-0.2, 0) is 23.7 Å². The van der Waals surface area contributed by atoms with Crippen molar-refractivity contribution in [3.63, 3.8) is 0 Å². The van der Waals surface area contributed by atoms with Crippen LogP contribution in [0.4, 0.5) is 5.69 Å². The Kier molecular flexibility index (Phi) is 9.66. The monoisotopic (exact) mass is 670 g/mol. The highest BCUT2D eigenvalue weighted by Crippen LogP contribution is 2.48. The second-order valence-electron chi connectivity index (χ2n) is 16.7. The van der Waals surface area contributed by atoms with E-state index in [4.69, 9.17) is 15.1 Å². The second kappa shape index (κ2) is 13.2. The Morgan fingerprint density at radius 2 is 1.42 bits per heavy atom. The number of phenolic OH excluding ortho intramolecular Hbond substituents is 2. The van der Waals surface area contributed by atoms with Gasteiger partial charge in [0.2, 0.25) is 0 Å². The average Bonchev–Trinajstić information content (AvgIpc) is 3.05. The Hall–Kier alpha value is -4.71. The molecule has 0 bridgehead atoms. The molecule has 0 atom stereocenters. The van der Waals surface area contributed by atoms with Crippen LogP contribution >= 0.6 is 0 Å². The van der Waals surface area contributed by atoms with Crippen molar-refractivity contribution in [2.24, 2.45) is 15.9 Å². The molecule has 0 fully saturated rings. The van der Waals surface area contributed by atoms with Gasteiger partial charge in [0.25, 0.3) is 0 Å². The molecule has 0 aliphatic heterocycles. The van der Waals surface area contributed by atoms with E-state index in [9.17, 15) is 10.2 Å². The summed E-state index contributed by atoms with van der Waals surface area (Å²) in [4.78, 5) is 9.72. The number of benzene rings is 2. The van der Waals surface area contributed by atoms with Crippen LogP contribution in [0.25, 0.3) is 17.3 Å². The Morgan fingerprint density at radius 3 is 2.02 bits per heavy atom. The summed E-state index contributed by atoms with van der Waals surface area (Å²) < 4.78 is 0. The Morgan fingerprint density at radius 1 is 0.820 bits per heavy atom. The van der Waals surface area contributed by atoms with Crippen LogP contribution in [-0.4, -0.2) is 25.9 Å². The standard InChI is InChI=1S/C44H54N4O2/c1-13-48(47-34-19-15-14-18-28(34)2)38-26-32(44(11,12)42(6,7)8)24-30(40(38)50)22-29-23-31(43(9,10)41(3,4)5)25-33(39(29)49)37-27-45-35-20-16-17-21-36(35)46-37/h13-15,17-19,21,23-27,49-50H,1-2,16,20,22H2,3-12H3/b47-34-. The molecule has 0 saturated heterocycles. The molecule has 6 heteroatoms. The number of aromatic hydroxyl groups is 2. The molecular weight excluding hydrogens is 617 g/mol. The first-order valence-corrected chi connectivity index (χ1v) is 17.6. The summed E-state index contributed by atoms with van der Waals surface area (Å²) in [6, 6.07) is 8.23. The number of aromatic nitrogens is 2. The van der Waals surface area contributed by atoms with Crippen LogP contribution in [0.1, 0.15) is 109 Å². The van der Waals surface area contributed by atoms with Gasteiger partial charge in [-0.05, 0) is 81.0 Å². The van der Waals surface area contributed by atoms with E-state index in [1.165, 1.54) is 0 Å². The lowest BCUT2D eigenvalue weighted by molar-refractivity contribution is 0.225. The van der Waals surface area contributed by atoms with E-state index in [0.717, 1.165) is 40.9 Å². The number of hydrazone groups is 1. The van der Waals surface area contributed by atoms with Crippen molar-refractivity contribution in [1.29, 1.82) is 0 Å². The number of hydrogen-bond donors (Lipinski definition) is 2. The Bertz CT molecular complexity index is 1960. The number of hydrogen-bond acceptors (Lipinski definition) is 6. The molecule has 0 amide bonds. The molecule has 0 unspecified atom stereocenters. The number of phenols is 2. The van der Waals surface area contributed by atoms with E-state index in [2.05, 4.69) is 107 Å². The van der Waals surface area contributed by atoms with Gasteiger partial charge in [-0.2, -0.15) is 5.10 Å². The fraction of sp³-hybridized carbons (Fsp3) is 0.386. The van der Waals surface area contributed by atoms with E-state index >= 15 is 0 Å².